The molecule has 1 atom stereocenters. The molecule has 37 heavy (non-hydrogen) atoms. The van der Waals surface area contributed by atoms with Crippen molar-refractivity contribution in [3.05, 3.63) is 59.2 Å². The largest absolute Gasteiger partial charge is 0.471 e. The van der Waals surface area contributed by atoms with Crippen molar-refractivity contribution in [2.45, 2.75) is 69.6 Å². The van der Waals surface area contributed by atoms with Gasteiger partial charge in [0, 0.05) is 19.6 Å². The molecule has 0 radical (unpaired) electrons. The van der Waals surface area contributed by atoms with Gasteiger partial charge in [-0.15, -0.1) is 0 Å². The Kier molecular flexibility index (Phi) is 8.48. The highest BCUT2D eigenvalue weighted by atomic mass is 32.2. The first-order valence-electron chi connectivity index (χ1n) is 12.8. The lowest BCUT2D eigenvalue weighted by Gasteiger charge is -2.29. The Balaban J connectivity index is 1.43. The van der Waals surface area contributed by atoms with E-state index >= 15 is 0 Å². The number of nitrogens with zero attached hydrogens (tertiary/aromatic N) is 1. The summed E-state index contributed by atoms with van der Waals surface area (Å²) in [7, 11) is -4.00. The van der Waals surface area contributed by atoms with E-state index in [-0.39, 0.29) is 24.4 Å². The lowest BCUT2D eigenvalue weighted by Crippen LogP contribution is -2.43. The van der Waals surface area contributed by atoms with Crippen molar-refractivity contribution in [3.63, 3.8) is 0 Å². The Labute approximate surface area is 216 Å². The van der Waals surface area contributed by atoms with Crippen molar-refractivity contribution < 1.29 is 26.4 Å². The highest BCUT2D eigenvalue weighted by Crippen LogP contribution is 2.30. The number of hydrogen-bond donors (Lipinski definition) is 2. The number of carbonyl (C=O) groups excluding carboxylic acids is 1. The molecule has 1 amide bonds. The number of amides is 1. The molecule has 0 bridgehead atoms. The highest BCUT2D eigenvalue weighted by Gasteiger charge is 2.43. The molecule has 2 N–H and O–H groups in total. The first-order valence-corrected chi connectivity index (χ1v) is 14.3. The van der Waals surface area contributed by atoms with Gasteiger partial charge in [0.25, 0.3) is 10.0 Å². The summed E-state index contributed by atoms with van der Waals surface area (Å²) < 4.78 is 67.7. The quantitative estimate of drug-likeness (QED) is 0.483. The summed E-state index contributed by atoms with van der Waals surface area (Å²) in [4.78, 5) is 12.3. The fourth-order valence-electron chi connectivity index (χ4n) is 5.34. The molecule has 4 rings (SSSR count). The van der Waals surface area contributed by atoms with Gasteiger partial charge >= 0.3 is 12.1 Å². The van der Waals surface area contributed by atoms with Crippen LogP contribution in [0.15, 0.2) is 47.4 Å². The fourth-order valence-corrected chi connectivity index (χ4v) is 6.49. The Morgan fingerprint density at radius 3 is 2.54 bits per heavy atom. The topological polar surface area (TPSA) is 78.5 Å². The molecular weight excluding hydrogens is 503 g/mol. The second-order valence-corrected chi connectivity index (χ2v) is 11.9. The molecule has 0 spiro atoms. The molecule has 2 aromatic carbocycles. The van der Waals surface area contributed by atoms with E-state index in [4.69, 9.17) is 0 Å². The Morgan fingerprint density at radius 2 is 1.81 bits per heavy atom. The lowest BCUT2D eigenvalue weighted by molar-refractivity contribution is -0.186. The minimum absolute atomic E-state index is 0.0544. The Morgan fingerprint density at radius 1 is 1.08 bits per heavy atom. The van der Waals surface area contributed by atoms with Crippen LogP contribution in [0.25, 0.3) is 0 Å². The van der Waals surface area contributed by atoms with Crippen LogP contribution < -0.4 is 10.0 Å². The molecule has 2 aliphatic rings. The maximum absolute atomic E-state index is 13.2. The zero-order chi connectivity index (χ0) is 26.6. The molecule has 1 unspecified atom stereocenters. The zero-order valence-electron chi connectivity index (χ0n) is 21.0. The first-order chi connectivity index (χ1) is 17.5. The Bertz CT molecular complexity index is 1210. The van der Waals surface area contributed by atoms with Gasteiger partial charge in [-0.25, -0.2) is 8.42 Å². The van der Waals surface area contributed by atoms with E-state index in [1.165, 1.54) is 44.2 Å². The van der Waals surface area contributed by atoms with Gasteiger partial charge in [0.2, 0.25) is 0 Å². The average Bonchev–Trinajstić information content (AvgIpc) is 2.88. The number of alkyl halides is 3. The van der Waals surface area contributed by atoms with Crippen molar-refractivity contribution in [1.82, 2.24) is 10.2 Å². The molecule has 6 nitrogen and oxygen atoms in total. The monoisotopic (exact) mass is 537 g/mol. The maximum Gasteiger partial charge on any atom is 0.471 e. The second kappa shape index (κ2) is 11.4. The van der Waals surface area contributed by atoms with E-state index in [9.17, 15) is 26.4 Å². The standard InChI is InChI=1S/C27H34F3N3O3S/c1-19(20-7-3-2-4-8-20)16-31-17-22-9-5-6-10-25(22)32-37(35,36)24-12-11-21-13-14-33(18-23(21)15-24)26(34)27(28,29)30/h5-6,9-12,15,19-20,31-32H,2-4,7-8,13-14,16-18H2,1H3. The molecule has 1 fully saturated rings. The summed E-state index contributed by atoms with van der Waals surface area (Å²) in [6.45, 7) is 3.28. The van der Waals surface area contributed by atoms with E-state index in [0.29, 0.717) is 28.6 Å². The second-order valence-electron chi connectivity index (χ2n) is 10.2. The molecule has 1 saturated carbocycles. The van der Waals surface area contributed by atoms with Crippen LogP contribution in [-0.2, 0) is 34.3 Å². The lowest BCUT2D eigenvalue weighted by atomic mass is 9.81. The highest BCUT2D eigenvalue weighted by molar-refractivity contribution is 7.92. The number of nitrogens with one attached hydrogen (secondary N) is 2. The number of carbonyl (C=O) groups is 1. The van der Waals surface area contributed by atoms with Gasteiger partial charge in [0.05, 0.1) is 10.6 Å². The third-order valence-corrected chi connectivity index (χ3v) is 8.89. The third-order valence-electron chi connectivity index (χ3n) is 7.53. The van der Waals surface area contributed by atoms with E-state index in [0.717, 1.165) is 23.6 Å². The van der Waals surface area contributed by atoms with Crippen molar-refractivity contribution in [2.24, 2.45) is 11.8 Å². The molecular formula is C27H34F3N3O3S. The molecule has 0 aromatic heterocycles. The number of rotatable bonds is 8. The predicted octanol–water partition coefficient (Wildman–Crippen LogP) is 5.24. The molecule has 2 aromatic rings. The zero-order valence-corrected chi connectivity index (χ0v) is 21.8. The first kappa shape index (κ1) is 27.4. The third kappa shape index (κ3) is 6.84. The van der Waals surface area contributed by atoms with Gasteiger partial charge in [0.1, 0.15) is 0 Å². The number of anilines is 1. The normalized spacial score (nSPS) is 17.8. The van der Waals surface area contributed by atoms with Gasteiger partial charge in [0.15, 0.2) is 0 Å². The molecule has 1 heterocycles. The summed E-state index contributed by atoms with van der Waals surface area (Å²) in [5.74, 6) is -0.645. The summed E-state index contributed by atoms with van der Waals surface area (Å²) in [6.07, 6.45) is 1.70. The van der Waals surface area contributed by atoms with Gasteiger partial charge in [-0.05, 0) is 59.7 Å². The van der Waals surface area contributed by atoms with E-state index in [1.54, 1.807) is 18.2 Å². The molecule has 202 valence electrons. The maximum atomic E-state index is 13.2. The van der Waals surface area contributed by atoms with Crippen LogP contribution in [0.1, 0.15) is 55.7 Å². The number of para-hydroxylation sites is 1. The van der Waals surface area contributed by atoms with Gasteiger partial charge in [-0.1, -0.05) is 63.3 Å². The average molecular weight is 538 g/mol. The minimum Gasteiger partial charge on any atom is -0.330 e. The van der Waals surface area contributed by atoms with Crippen LogP contribution in [0.4, 0.5) is 18.9 Å². The van der Waals surface area contributed by atoms with E-state index in [1.807, 2.05) is 12.1 Å². The molecule has 1 aliphatic heterocycles. The van der Waals surface area contributed by atoms with Gasteiger partial charge < -0.3 is 10.2 Å². The SMILES string of the molecule is CC(CNCc1ccccc1NS(=O)(=O)c1ccc2c(c1)CN(C(=O)C(F)(F)F)CC2)C1CCCCC1. The van der Waals surface area contributed by atoms with Crippen LogP contribution in [0, 0.1) is 11.8 Å². The van der Waals surface area contributed by atoms with Crippen molar-refractivity contribution >= 4 is 21.6 Å². The van der Waals surface area contributed by atoms with Crippen LogP contribution in [0.2, 0.25) is 0 Å². The fraction of sp³-hybridized carbons (Fsp3) is 0.519. The van der Waals surface area contributed by atoms with Gasteiger partial charge in [-0.2, -0.15) is 13.2 Å². The van der Waals surface area contributed by atoms with Crippen molar-refractivity contribution in [3.8, 4) is 0 Å². The number of hydrogen-bond acceptors (Lipinski definition) is 4. The number of benzene rings is 2. The van der Waals surface area contributed by atoms with Crippen LogP contribution >= 0.6 is 0 Å². The number of fused-ring (bicyclic) bond motifs is 1. The van der Waals surface area contributed by atoms with Crippen molar-refractivity contribution in [1.29, 1.82) is 0 Å². The predicted molar refractivity (Wildman–Crippen MR) is 136 cm³/mol. The summed E-state index contributed by atoms with van der Waals surface area (Å²) >= 11 is 0. The summed E-state index contributed by atoms with van der Waals surface area (Å²) in [5.41, 5.74) is 2.40. The Hall–Kier alpha value is -2.59. The van der Waals surface area contributed by atoms with Crippen LogP contribution in [0.5, 0.6) is 0 Å². The smallest absolute Gasteiger partial charge is 0.330 e. The minimum atomic E-state index is -4.96. The van der Waals surface area contributed by atoms with Crippen LogP contribution in [0.3, 0.4) is 0 Å². The molecule has 1 aliphatic carbocycles. The van der Waals surface area contributed by atoms with Gasteiger partial charge in [-0.3, -0.25) is 9.52 Å². The molecule has 0 saturated heterocycles. The summed E-state index contributed by atoms with van der Waals surface area (Å²) in [6, 6.07) is 11.6. The summed E-state index contributed by atoms with van der Waals surface area (Å²) in [5, 5.41) is 3.47. The number of sulfonamides is 1. The van der Waals surface area contributed by atoms with E-state index in [2.05, 4.69) is 17.0 Å². The van der Waals surface area contributed by atoms with Crippen molar-refractivity contribution in [2.75, 3.05) is 17.8 Å². The molecule has 10 heteroatoms. The van der Waals surface area contributed by atoms with E-state index < -0.39 is 22.1 Å². The number of halogens is 3. The van der Waals surface area contributed by atoms with Crippen LogP contribution in [-0.4, -0.2) is 38.5 Å².